The summed E-state index contributed by atoms with van der Waals surface area (Å²) in [6.07, 6.45) is 3.60. The Morgan fingerprint density at radius 3 is 2.58 bits per heavy atom. The molecule has 6 heteroatoms. The van der Waals surface area contributed by atoms with Crippen LogP contribution in [0.25, 0.3) is 11.1 Å². The van der Waals surface area contributed by atoms with Crippen LogP contribution in [0.15, 0.2) is 85.2 Å². The average Bonchev–Trinajstić information content (AvgIpc) is 3.41. The number of rotatable bonds is 6. The van der Waals surface area contributed by atoms with Crippen LogP contribution in [0, 0.1) is 0 Å². The molecule has 0 atom stereocenters. The van der Waals surface area contributed by atoms with Gasteiger partial charge < -0.3 is 10.1 Å². The van der Waals surface area contributed by atoms with Gasteiger partial charge in [-0.1, -0.05) is 36.4 Å². The number of nitrogens with one attached hydrogen (secondary N) is 1. The summed E-state index contributed by atoms with van der Waals surface area (Å²) in [6.45, 7) is 1.10. The van der Waals surface area contributed by atoms with Gasteiger partial charge in [0, 0.05) is 40.8 Å². The largest absolute Gasteiger partial charge is 0.492 e. The summed E-state index contributed by atoms with van der Waals surface area (Å²) in [5, 5.41) is 7.02. The molecule has 1 amide bonds. The minimum absolute atomic E-state index is 0.0483. The van der Waals surface area contributed by atoms with Crippen LogP contribution in [-0.4, -0.2) is 28.1 Å². The highest BCUT2D eigenvalue weighted by molar-refractivity contribution is 6.22. The molecule has 1 aliphatic carbocycles. The number of anilines is 1. The number of benzene rings is 3. The van der Waals surface area contributed by atoms with Gasteiger partial charge in [-0.2, -0.15) is 5.10 Å². The van der Waals surface area contributed by atoms with E-state index in [1.54, 1.807) is 35.1 Å². The predicted molar refractivity (Wildman–Crippen MR) is 117 cm³/mol. The quantitative estimate of drug-likeness (QED) is 0.450. The molecule has 1 aromatic heterocycles. The molecule has 1 heterocycles. The minimum Gasteiger partial charge on any atom is -0.492 e. The number of nitrogens with zero attached hydrogens (tertiary/aromatic N) is 2. The molecule has 0 fully saturated rings. The second kappa shape index (κ2) is 7.91. The van der Waals surface area contributed by atoms with Gasteiger partial charge in [-0.15, -0.1) is 0 Å². The maximum absolute atomic E-state index is 12.8. The van der Waals surface area contributed by atoms with Crippen LogP contribution in [0.4, 0.5) is 5.69 Å². The van der Waals surface area contributed by atoms with E-state index in [1.807, 2.05) is 54.7 Å². The van der Waals surface area contributed by atoms with E-state index in [9.17, 15) is 9.59 Å². The molecule has 3 aromatic carbocycles. The van der Waals surface area contributed by atoms with Gasteiger partial charge in [-0.3, -0.25) is 14.3 Å². The van der Waals surface area contributed by atoms with Crippen LogP contribution >= 0.6 is 0 Å². The summed E-state index contributed by atoms with van der Waals surface area (Å²) in [7, 11) is 0. The van der Waals surface area contributed by atoms with Crippen molar-refractivity contribution in [1.82, 2.24) is 9.78 Å². The predicted octanol–water partition coefficient (Wildman–Crippen LogP) is 4.43. The zero-order valence-electron chi connectivity index (χ0n) is 16.6. The van der Waals surface area contributed by atoms with Crippen LogP contribution in [0.1, 0.15) is 26.3 Å². The van der Waals surface area contributed by atoms with E-state index < -0.39 is 0 Å². The van der Waals surface area contributed by atoms with Gasteiger partial charge in [-0.25, -0.2) is 0 Å². The summed E-state index contributed by atoms with van der Waals surface area (Å²) in [5.41, 5.74) is 4.07. The summed E-state index contributed by atoms with van der Waals surface area (Å²) in [6, 6.07) is 21.8. The SMILES string of the molecule is O=C(Nc1cccc(OCCn2cccn2)c1)c1ccc2c(c1)C(=O)c1ccccc1-2. The van der Waals surface area contributed by atoms with Crippen molar-refractivity contribution in [1.29, 1.82) is 0 Å². The summed E-state index contributed by atoms with van der Waals surface area (Å²) < 4.78 is 7.55. The first kappa shape index (κ1) is 18.8. The van der Waals surface area contributed by atoms with Crippen molar-refractivity contribution in [3.05, 3.63) is 102 Å². The number of hydrogen-bond acceptors (Lipinski definition) is 4. The van der Waals surface area contributed by atoms with E-state index in [2.05, 4.69) is 10.4 Å². The molecule has 1 aliphatic rings. The van der Waals surface area contributed by atoms with E-state index >= 15 is 0 Å². The Labute approximate surface area is 179 Å². The molecule has 152 valence electrons. The van der Waals surface area contributed by atoms with E-state index in [0.29, 0.717) is 41.3 Å². The van der Waals surface area contributed by atoms with Crippen molar-refractivity contribution in [3.63, 3.8) is 0 Å². The number of carbonyl (C=O) groups is 2. The number of carbonyl (C=O) groups excluding carboxylic acids is 2. The van der Waals surface area contributed by atoms with Gasteiger partial charge >= 0.3 is 0 Å². The van der Waals surface area contributed by atoms with Crippen LogP contribution in [0.5, 0.6) is 5.75 Å². The lowest BCUT2D eigenvalue weighted by Gasteiger charge is -2.10. The second-order valence-corrected chi connectivity index (χ2v) is 7.23. The molecular formula is C25H19N3O3. The summed E-state index contributed by atoms with van der Waals surface area (Å²) >= 11 is 0. The van der Waals surface area contributed by atoms with Crippen molar-refractivity contribution in [2.75, 3.05) is 11.9 Å². The number of fused-ring (bicyclic) bond motifs is 3. The van der Waals surface area contributed by atoms with Gasteiger partial charge in [-0.05, 0) is 41.5 Å². The van der Waals surface area contributed by atoms with Gasteiger partial charge in [0.1, 0.15) is 12.4 Å². The summed E-state index contributed by atoms with van der Waals surface area (Å²) in [4.78, 5) is 25.5. The fraction of sp³-hybridized carbons (Fsp3) is 0.0800. The van der Waals surface area contributed by atoms with Crippen molar-refractivity contribution in [2.24, 2.45) is 0 Å². The minimum atomic E-state index is -0.278. The standard InChI is InChI=1S/C25H19N3O3/c29-24-22-8-2-1-7-20(22)21-10-9-17(15-23(21)24)25(30)27-18-5-3-6-19(16-18)31-14-13-28-12-4-11-26-28/h1-12,15-16H,13-14H2,(H,27,30). The van der Waals surface area contributed by atoms with Gasteiger partial charge in [0.15, 0.2) is 5.78 Å². The fourth-order valence-electron chi connectivity index (χ4n) is 3.73. The van der Waals surface area contributed by atoms with Gasteiger partial charge in [0.05, 0.1) is 6.54 Å². The molecule has 5 rings (SSSR count). The van der Waals surface area contributed by atoms with Crippen LogP contribution < -0.4 is 10.1 Å². The van der Waals surface area contributed by atoms with E-state index in [-0.39, 0.29) is 11.7 Å². The zero-order chi connectivity index (χ0) is 21.2. The molecule has 0 saturated heterocycles. The van der Waals surface area contributed by atoms with Crippen molar-refractivity contribution in [2.45, 2.75) is 6.54 Å². The Bertz CT molecular complexity index is 1280. The van der Waals surface area contributed by atoms with Gasteiger partial charge in [0.25, 0.3) is 5.91 Å². The van der Waals surface area contributed by atoms with Crippen molar-refractivity contribution >= 4 is 17.4 Å². The first-order chi connectivity index (χ1) is 15.2. The number of amides is 1. The lowest BCUT2D eigenvalue weighted by atomic mass is 10.0. The highest BCUT2D eigenvalue weighted by Gasteiger charge is 2.27. The monoisotopic (exact) mass is 409 g/mol. The molecule has 0 aliphatic heterocycles. The molecule has 0 unspecified atom stereocenters. The number of aromatic nitrogens is 2. The van der Waals surface area contributed by atoms with Crippen LogP contribution in [-0.2, 0) is 6.54 Å². The lowest BCUT2D eigenvalue weighted by molar-refractivity contribution is 0.102. The number of ketones is 1. The van der Waals surface area contributed by atoms with Gasteiger partial charge in [0.2, 0.25) is 0 Å². The Hall–Kier alpha value is -4.19. The van der Waals surface area contributed by atoms with E-state index in [4.69, 9.17) is 4.74 Å². The van der Waals surface area contributed by atoms with Crippen molar-refractivity contribution < 1.29 is 14.3 Å². The molecule has 1 N–H and O–H groups in total. The van der Waals surface area contributed by atoms with E-state index in [1.165, 1.54) is 0 Å². The molecule has 31 heavy (non-hydrogen) atoms. The molecule has 4 aromatic rings. The van der Waals surface area contributed by atoms with E-state index in [0.717, 1.165) is 11.1 Å². The smallest absolute Gasteiger partial charge is 0.255 e. The first-order valence-corrected chi connectivity index (χ1v) is 9.99. The molecule has 0 spiro atoms. The Kier molecular flexibility index (Phi) is 4.80. The highest BCUT2D eigenvalue weighted by atomic mass is 16.5. The topological polar surface area (TPSA) is 73.2 Å². The zero-order valence-corrected chi connectivity index (χ0v) is 16.6. The Morgan fingerprint density at radius 1 is 0.903 bits per heavy atom. The number of ether oxygens (including phenoxy) is 1. The highest BCUT2D eigenvalue weighted by Crippen LogP contribution is 2.36. The molecular weight excluding hydrogens is 390 g/mol. The average molecular weight is 409 g/mol. The Morgan fingerprint density at radius 2 is 1.74 bits per heavy atom. The summed E-state index contributed by atoms with van der Waals surface area (Å²) in [5.74, 6) is 0.331. The molecule has 0 radical (unpaired) electrons. The maximum Gasteiger partial charge on any atom is 0.255 e. The normalized spacial score (nSPS) is 11.7. The lowest BCUT2D eigenvalue weighted by Crippen LogP contribution is -2.13. The molecule has 0 bridgehead atoms. The third kappa shape index (κ3) is 3.71. The maximum atomic E-state index is 12.8. The van der Waals surface area contributed by atoms with Crippen molar-refractivity contribution in [3.8, 4) is 16.9 Å². The van der Waals surface area contributed by atoms with Crippen LogP contribution in [0.3, 0.4) is 0 Å². The fourth-order valence-corrected chi connectivity index (χ4v) is 3.73. The number of hydrogen-bond donors (Lipinski definition) is 1. The first-order valence-electron chi connectivity index (χ1n) is 9.99. The third-order valence-electron chi connectivity index (χ3n) is 5.23. The Balaban J connectivity index is 1.28. The molecule has 0 saturated carbocycles. The third-order valence-corrected chi connectivity index (χ3v) is 5.23. The van der Waals surface area contributed by atoms with Crippen LogP contribution in [0.2, 0.25) is 0 Å². The molecule has 6 nitrogen and oxygen atoms in total. The second-order valence-electron chi connectivity index (χ2n) is 7.23.